The molecule has 0 saturated carbocycles. The van der Waals surface area contributed by atoms with Crippen LogP contribution < -0.4 is 5.32 Å². The molecule has 0 fully saturated rings. The number of carbonyl (C=O) groups is 1. The van der Waals surface area contributed by atoms with Crippen molar-refractivity contribution < 1.29 is 68.5 Å². The van der Waals surface area contributed by atoms with Gasteiger partial charge in [-0.05, 0) is 19.2 Å². The second-order valence-corrected chi connectivity index (χ2v) is 8.76. The van der Waals surface area contributed by atoms with Gasteiger partial charge in [0.2, 0.25) is 5.91 Å². The third-order valence-electron chi connectivity index (χ3n) is 5.41. The van der Waals surface area contributed by atoms with Crippen LogP contribution in [-0.4, -0.2) is 34.9 Å². The molecule has 0 bridgehead atoms. The average molecular weight is 633 g/mol. The summed E-state index contributed by atoms with van der Waals surface area (Å²) < 4.78 is 321. The summed E-state index contributed by atoms with van der Waals surface area (Å²) in [5.74, 6) is -2.24. The lowest BCUT2D eigenvalue weighted by molar-refractivity contribution is -0.123. The Morgan fingerprint density at radius 3 is 1.57 bits per heavy atom. The standard InChI is InChI=1S/C38H75NO3/c1-3-5-7-9-11-13-15-17-18-19-20-22-24-26-28-30-32-34-38(42)39-36(35-40)37(41)33-31-29-27-25-23-21-16-14-12-10-8-6-4-2/h31,33,36-37,40-41H,3-30,32,34-35H2,1-2H3,(H,39,42)/b33-31+/t36-,37+/m0/s1/i1D3,3D2,5D2,7D2,9D2,11D2,13D2,15D2,17D2,18D2,19D2,20D2,22D2,24D2,26D2,28D2,30D2,32D2,34D2. The molecule has 250 valence electrons. The highest BCUT2D eigenvalue weighted by Gasteiger charge is 2.17. The SMILES string of the molecule is [2H]C([2H])([2H])C([2H])([2H])C([2H])([2H])C([2H])([2H])C([2H])([2H])C([2H])([2H])C([2H])([2H])C([2H])([2H])C([2H])([2H])C([2H])([2H])C([2H])([2H])C([2H])([2H])C([2H])([2H])C([2H])([2H])C([2H])([2H])C([2H])([2H])C([2H])([2H])C([2H])([2H])C([2H])([2H])C(=O)N[C@@H](CO)[C@H](O)/C=C/CCCCCCCCCCCCC. The number of carbonyl (C=O) groups excluding carboxylic acids is 1. The second-order valence-electron chi connectivity index (χ2n) is 8.76. The van der Waals surface area contributed by atoms with Gasteiger partial charge in [0, 0.05) is 59.8 Å². The van der Waals surface area contributed by atoms with Crippen LogP contribution in [0.5, 0.6) is 0 Å². The maximum atomic E-state index is 13.4. The van der Waals surface area contributed by atoms with Crippen LogP contribution in [0.25, 0.3) is 0 Å². The normalized spacial score (nSPS) is 33.4. The van der Waals surface area contributed by atoms with Crippen molar-refractivity contribution in [2.24, 2.45) is 0 Å². The van der Waals surface area contributed by atoms with E-state index >= 15 is 0 Å². The van der Waals surface area contributed by atoms with Crippen LogP contribution in [-0.2, 0) is 4.79 Å². The molecule has 0 aromatic heterocycles. The first kappa shape index (κ1) is 10.6. The van der Waals surface area contributed by atoms with Crippen molar-refractivity contribution in [2.75, 3.05) is 6.61 Å². The zero-order valence-corrected chi connectivity index (χ0v) is 24.3. The minimum absolute atomic E-state index is 0.396. The number of allylic oxidation sites excluding steroid dienone is 1. The van der Waals surface area contributed by atoms with Crippen LogP contribution in [0.15, 0.2) is 12.2 Å². The third kappa shape index (κ3) is 30.6. The maximum Gasteiger partial charge on any atom is 0.220 e. The van der Waals surface area contributed by atoms with Gasteiger partial charge >= 0.3 is 0 Å². The second kappa shape index (κ2) is 34.6. The van der Waals surface area contributed by atoms with Crippen molar-refractivity contribution in [3.63, 3.8) is 0 Å². The van der Waals surface area contributed by atoms with E-state index in [1.807, 2.05) is 0 Å². The summed E-state index contributed by atoms with van der Waals surface area (Å²) >= 11 is 0. The van der Waals surface area contributed by atoms with Crippen LogP contribution >= 0.6 is 0 Å². The minimum Gasteiger partial charge on any atom is -0.394 e. The number of hydrogen-bond acceptors (Lipinski definition) is 3. The lowest BCUT2D eigenvalue weighted by Gasteiger charge is -2.20. The zero-order chi connectivity index (χ0) is 65.5. The molecule has 1 amide bonds. The summed E-state index contributed by atoms with van der Waals surface area (Å²) in [4.78, 5) is 13.4. The van der Waals surface area contributed by atoms with Crippen molar-refractivity contribution in [1.29, 1.82) is 0 Å². The number of unbranched alkanes of at least 4 members (excludes halogenated alkanes) is 11. The van der Waals surface area contributed by atoms with E-state index in [2.05, 4.69) is 6.92 Å². The summed E-state index contributed by atoms with van der Waals surface area (Å²) in [5.41, 5.74) is 0. The first-order chi connectivity index (χ1) is 35.3. The number of hydrogen-bond donors (Lipinski definition) is 3. The molecule has 0 aromatic carbocycles. The molecule has 0 aliphatic heterocycles. The Morgan fingerprint density at radius 2 is 1.12 bits per heavy atom. The molecule has 4 heteroatoms. The monoisotopic (exact) mass is 633 g/mol. The first-order valence-electron chi connectivity index (χ1n) is 33.6. The summed E-state index contributed by atoms with van der Waals surface area (Å²) in [6.07, 6.45) is -79.4. The molecule has 0 aliphatic rings. The Kier molecular flexibility index (Phi) is 8.72. The largest absolute Gasteiger partial charge is 0.394 e. The van der Waals surface area contributed by atoms with E-state index in [9.17, 15) is 15.0 Å². The number of amides is 1. The number of nitrogens with one attached hydrogen (secondary N) is 1. The molecule has 0 rings (SSSR count). The van der Waals surface area contributed by atoms with E-state index in [-0.39, 0.29) is 0 Å². The van der Waals surface area contributed by atoms with Gasteiger partial charge in [0.15, 0.2) is 0 Å². The molecule has 4 nitrogen and oxygen atoms in total. The van der Waals surface area contributed by atoms with Gasteiger partial charge in [0.25, 0.3) is 0 Å². The Morgan fingerprint density at radius 1 is 0.690 bits per heavy atom. The highest BCUT2D eigenvalue weighted by Crippen LogP contribution is 2.15. The molecule has 0 heterocycles. The van der Waals surface area contributed by atoms with Crippen molar-refractivity contribution >= 4 is 5.91 Å². The van der Waals surface area contributed by atoms with Crippen LogP contribution in [0, 0.1) is 0 Å². The van der Waals surface area contributed by atoms with Gasteiger partial charge in [0.1, 0.15) is 0 Å². The Bertz CT molecular complexity index is 2100. The quantitative estimate of drug-likeness (QED) is 0.0488. The van der Waals surface area contributed by atoms with E-state index < -0.39 is 146 Å². The van der Waals surface area contributed by atoms with Gasteiger partial charge in [-0.1, -0.05) is 192 Å². The first-order valence-corrected chi connectivity index (χ1v) is 14.1. The van der Waals surface area contributed by atoms with E-state index in [0.717, 1.165) is 51.0 Å². The predicted molar refractivity (Wildman–Crippen MR) is 184 cm³/mol. The van der Waals surface area contributed by atoms with Crippen LogP contribution in [0.4, 0.5) is 0 Å². The molecule has 42 heavy (non-hydrogen) atoms. The highest BCUT2D eigenvalue weighted by atomic mass is 16.3. The summed E-state index contributed by atoms with van der Waals surface area (Å²) in [6.45, 7) is -3.25. The fourth-order valence-corrected chi connectivity index (χ4v) is 3.30. The Labute approximate surface area is 318 Å². The van der Waals surface area contributed by atoms with Crippen LogP contribution in [0.3, 0.4) is 0 Å². The summed E-state index contributed by atoms with van der Waals surface area (Å²) in [7, 11) is 0. The van der Waals surface area contributed by atoms with E-state index in [4.69, 9.17) is 53.5 Å². The number of aliphatic hydroxyl groups excluding tert-OH is 2. The summed E-state index contributed by atoms with van der Waals surface area (Å²) in [5, 5.41) is 22.3. The van der Waals surface area contributed by atoms with E-state index in [0.29, 0.717) is 12.8 Å². The van der Waals surface area contributed by atoms with Crippen LogP contribution in [0.1, 0.15) is 259 Å². The molecule has 2 atom stereocenters. The molecule has 0 unspecified atom stereocenters. The lowest BCUT2D eigenvalue weighted by atomic mass is 10.0. The molecule has 3 N–H and O–H groups in total. The Balaban J connectivity index is 7.21. The van der Waals surface area contributed by atoms with E-state index in [1.54, 1.807) is 5.32 Å². The minimum atomic E-state index is -5.39. The molecular weight excluding hydrogens is 518 g/mol. The average Bonchev–Trinajstić information content (AvgIpc) is 3.30. The third-order valence-corrected chi connectivity index (χ3v) is 5.41. The van der Waals surface area contributed by atoms with Gasteiger partial charge in [-0.2, -0.15) is 0 Å². The van der Waals surface area contributed by atoms with Crippen molar-refractivity contribution in [2.45, 2.75) is 218 Å². The molecular formula is C38H75NO3. The molecule has 0 saturated heterocycles. The van der Waals surface area contributed by atoms with Crippen molar-refractivity contribution in [1.82, 2.24) is 5.32 Å². The van der Waals surface area contributed by atoms with Gasteiger partial charge < -0.3 is 15.5 Å². The predicted octanol–water partition coefficient (Wildman–Crippen LogP) is 11.1. The topological polar surface area (TPSA) is 69.6 Å². The molecule has 0 spiro atoms. The smallest absolute Gasteiger partial charge is 0.220 e. The van der Waals surface area contributed by atoms with Crippen molar-refractivity contribution in [3.05, 3.63) is 12.2 Å². The molecule has 0 aromatic rings. The number of aliphatic hydroxyl groups is 2. The highest BCUT2D eigenvalue weighted by molar-refractivity contribution is 5.76. The van der Waals surface area contributed by atoms with Gasteiger partial charge in [0.05, 0.1) is 18.8 Å². The van der Waals surface area contributed by atoms with Crippen LogP contribution in [0.2, 0.25) is 0 Å². The lowest BCUT2D eigenvalue weighted by Crippen LogP contribution is -2.45. The zero-order valence-electron chi connectivity index (χ0n) is 63.3. The number of rotatable bonds is 34. The van der Waals surface area contributed by atoms with Gasteiger partial charge in [-0.3, -0.25) is 4.79 Å². The fraction of sp³-hybridized carbons (Fsp3) is 0.921. The van der Waals surface area contributed by atoms with E-state index in [1.165, 1.54) is 25.3 Å². The summed E-state index contributed by atoms with van der Waals surface area (Å²) in [6, 6.07) is -1.87. The van der Waals surface area contributed by atoms with Gasteiger partial charge in [-0.15, -0.1) is 0 Å². The van der Waals surface area contributed by atoms with Gasteiger partial charge in [-0.25, -0.2) is 0 Å². The van der Waals surface area contributed by atoms with Crippen molar-refractivity contribution in [3.8, 4) is 0 Å². The maximum absolute atomic E-state index is 13.4. The Hall–Kier alpha value is -0.870. The molecule has 0 aliphatic carbocycles. The molecule has 0 radical (unpaired) electrons. The fourth-order valence-electron chi connectivity index (χ4n) is 3.30.